The Bertz CT molecular complexity index is 1200. The summed E-state index contributed by atoms with van der Waals surface area (Å²) >= 11 is 0. The Hall–Kier alpha value is -2.92. The number of alkyl halides is 3. The molecule has 0 spiro atoms. The van der Waals surface area contributed by atoms with Gasteiger partial charge in [-0.1, -0.05) is 19.1 Å². The van der Waals surface area contributed by atoms with Gasteiger partial charge in [-0.25, -0.2) is 13.4 Å². The highest BCUT2D eigenvalue weighted by Gasteiger charge is 2.39. The van der Waals surface area contributed by atoms with Crippen molar-refractivity contribution in [3.63, 3.8) is 0 Å². The third-order valence-corrected chi connectivity index (χ3v) is 6.47. The number of amides is 1. The Labute approximate surface area is 169 Å². The second-order valence-corrected chi connectivity index (χ2v) is 8.82. The number of carbonyl (C=O) groups excluding carboxylic acids is 1. The number of imidazole rings is 1. The highest BCUT2D eigenvalue weighted by molar-refractivity contribution is 7.91. The zero-order valence-corrected chi connectivity index (χ0v) is 16.5. The maximum atomic E-state index is 13.7. The molecular weight excluding hydrogens is 423 g/mol. The van der Waals surface area contributed by atoms with Gasteiger partial charge >= 0.3 is 6.18 Å². The van der Waals surface area contributed by atoms with E-state index in [0.717, 1.165) is 10.6 Å². The number of nitrogens with zero attached hydrogens (tertiary/aromatic N) is 2. The van der Waals surface area contributed by atoms with Crippen molar-refractivity contribution in [1.29, 1.82) is 0 Å². The Morgan fingerprint density at radius 1 is 1.20 bits per heavy atom. The molecule has 0 radical (unpaired) electrons. The Kier molecular flexibility index (Phi) is 5.61. The molecule has 0 saturated carbocycles. The fraction of sp³-hybridized carbons (Fsp3) is 0.263. The molecule has 11 heteroatoms. The predicted octanol–water partition coefficient (Wildman–Crippen LogP) is 2.53. The van der Waals surface area contributed by atoms with Crippen molar-refractivity contribution in [3.05, 3.63) is 59.4 Å². The summed E-state index contributed by atoms with van der Waals surface area (Å²) in [6.45, 7) is 0.777. The number of fused-ring (bicyclic) bond motifs is 1. The van der Waals surface area contributed by atoms with Crippen molar-refractivity contribution < 1.29 is 31.5 Å². The van der Waals surface area contributed by atoms with Crippen LogP contribution in [0.3, 0.4) is 0 Å². The van der Waals surface area contributed by atoms with Crippen molar-refractivity contribution in [2.24, 2.45) is 5.73 Å². The Balaban J connectivity index is 2.20. The first-order valence-corrected chi connectivity index (χ1v) is 10.5. The maximum absolute atomic E-state index is 13.7. The molecule has 0 aliphatic rings. The molecular formula is C19H18F3N3O4S. The largest absolute Gasteiger partial charge is 0.449 e. The molecule has 1 aromatic heterocycles. The van der Waals surface area contributed by atoms with Crippen LogP contribution in [0.25, 0.3) is 11.0 Å². The van der Waals surface area contributed by atoms with Crippen LogP contribution in [0.2, 0.25) is 0 Å². The van der Waals surface area contributed by atoms with Gasteiger partial charge in [0.1, 0.15) is 0 Å². The lowest BCUT2D eigenvalue weighted by atomic mass is 10.1. The standard InChI is InChI=1S/C19H18F3N3O4S/c1-2-30(28,29)13-6-3-11(4-7-13)16(10-26)25-15-8-5-12(17(23)27)9-14(15)24-18(25)19(20,21)22/h3-9,16,26H,2,10H2,1H3,(H2,23,27). The number of benzene rings is 2. The summed E-state index contributed by atoms with van der Waals surface area (Å²) in [7, 11) is -3.49. The van der Waals surface area contributed by atoms with E-state index in [0.29, 0.717) is 0 Å². The van der Waals surface area contributed by atoms with Crippen molar-refractivity contribution in [2.45, 2.75) is 24.0 Å². The molecule has 3 aromatic rings. The molecule has 160 valence electrons. The number of rotatable bonds is 6. The molecule has 0 aliphatic heterocycles. The molecule has 0 aliphatic carbocycles. The van der Waals surface area contributed by atoms with Crippen molar-refractivity contribution >= 4 is 26.8 Å². The summed E-state index contributed by atoms with van der Waals surface area (Å²) < 4.78 is 65.8. The van der Waals surface area contributed by atoms with Crippen LogP contribution in [0.5, 0.6) is 0 Å². The summed E-state index contributed by atoms with van der Waals surface area (Å²) in [5.41, 5.74) is 5.37. The van der Waals surface area contributed by atoms with Gasteiger partial charge < -0.3 is 15.4 Å². The number of sulfone groups is 1. The van der Waals surface area contributed by atoms with E-state index in [9.17, 15) is 31.5 Å². The van der Waals surface area contributed by atoms with E-state index in [1.807, 2.05) is 0 Å². The Morgan fingerprint density at radius 2 is 1.83 bits per heavy atom. The van der Waals surface area contributed by atoms with Gasteiger partial charge in [-0.2, -0.15) is 13.2 Å². The van der Waals surface area contributed by atoms with Gasteiger partial charge in [-0.3, -0.25) is 4.79 Å². The van der Waals surface area contributed by atoms with Crippen LogP contribution < -0.4 is 5.73 Å². The highest BCUT2D eigenvalue weighted by atomic mass is 32.2. The van der Waals surface area contributed by atoms with Crippen LogP contribution >= 0.6 is 0 Å². The van der Waals surface area contributed by atoms with Crippen molar-refractivity contribution in [2.75, 3.05) is 12.4 Å². The van der Waals surface area contributed by atoms with Crippen LogP contribution in [0, 0.1) is 0 Å². The summed E-state index contributed by atoms with van der Waals surface area (Å²) in [6.07, 6.45) is -4.84. The predicted molar refractivity (Wildman–Crippen MR) is 103 cm³/mol. The van der Waals surface area contributed by atoms with Gasteiger partial charge in [0.05, 0.1) is 34.3 Å². The van der Waals surface area contributed by atoms with E-state index >= 15 is 0 Å². The minimum absolute atomic E-state index is 0.00412. The summed E-state index contributed by atoms with van der Waals surface area (Å²) in [5, 5.41) is 9.91. The monoisotopic (exact) mass is 441 g/mol. The first-order chi connectivity index (χ1) is 14.0. The normalized spacial score (nSPS) is 13.5. The minimum Gasteiger partial charge on any atom is -0.394 e. The molecule has 0 bridgehead atoms. The highest BCUT2D eigenvalue weighted by Crippen LogP contribution is 2.36. The molecule has 1 amide bonds. The first kappa shape index (κ1) is 21.8. The lowest BCUT2D eigenvalue weighted by Crippen LogP contribution is -2.22. The molecule has 1 heterocycles. The van der Waals surface area contributed by atoms with Crippen molar-refractivity contribution in [1.82, 2.24) is 9.55 Å². The lowest BCUT2D eigenvalue weighted by molar-refractivity contribution is -0.147. The fourth-order valence-electron chi connectivity index (χ4n) is 3.17. The fourth-order valence-corrected chi connectivity index (χ4v) is 4.05. The molecule has 7 nitrogen and oxygen atoms in total. The summed E-state index contributed by atoms with van der Waals surface area (Å²) in [6, 6.07) is 7.78. The number of hydrogen-bond acceptors (Lipinski definition) is 5. The van der Waals surface area contributed by atoms with Crippen LogP contribution in [-0.2, 0) is 16.0 Å². The van der Waals surface area contributed by atoms with E-state index in [4.69, 9.17) is 5.73 Å². The molecule has 3 N–H and O–H groups in total. The van der Waals surface area contributed by atoms with E-state index < -0.39 is 40.4 Å². The van der Waals surface area contributed by atoms with Gasteiger partial charge in [-0.15, -0.1) is 0 Å². The zero-order valence-electron chi connectivity index (χ0n) is 15.7. The maximum Gasteiger partial charge on any atom is 0.449 e. The number of carbonyl (C=O) groups is 1. The number of nitrogens with two attached hydrogens (primary N) is 1. The summed E-state index contributed by atoms with van der Waals surface area (Å²) in [5.74, 6) is -2.20. The molecule has 0 saturated heterocycles. The number of hydrogen-bond donors (Lipinski definition) is 2. The van der Waals surface area contributed by atoms with Crippen molar-refractivity contribution in [3.8, 4) is 0 Å². The number of aliphatic hydroxyl groups excluding tert-OH is 1. The van der Waals surface area contributed by atoms with Gasteiger partial charge in [0.25, 0.3) is 0 Å². The van der Waals surface area contributed by atoms with Gasteiger partial charge in [0, 0.05) is 5.56 Å². The average molecular weight is 441 g/mol. The number of halogens is 3. The van der Waals surface area contributed by atoms with E-state index in [1.165, 1.54) is 43.3 Å². The molecule has 1 atom stereocenters. The second kappa shape index (κ2) is 7.73. The van der Waals surface area contributed by atoms with Crippen LogP contribution in [0.1, 0.15) is 34.7 Å². The van der Waals surface area contributed by atoms with Gasteiger partial charge in [0.2, 0.25) is 11.7 Å². The topological polar surface area (TPSA) is 115 Å². The summed E-state index contributed by atoms with van der Waals surface area (Å²) in [4.78, 5) is 15.0. The molecule has 30 heavy (non-hydrogen) atoms. The van der Waals surface area contributed by atoms with Crippen LogP contribution in [-0.4, -0.2) is 41.3 Å². The van der Waals surface area contributed by atoms with E-state index in [1.54, 1.807) is 0 Å². The zero-order chi connectivity index (χ0) is 22.3. The van der Waals surface area contributed by atoms with Gasteiger partial charge in [-0.05, 0) is 35.9 Å². The molecule has 3 rings (SSSR count). The number of aliphatic hydroxyl groups is 1. The quantitative estimate of drug-likeness (QED) is 0.610. The second-order valence-electron chi connectivity index (χ2n) is 6.54. The number of primary amides is 1. The molecule has 1 unspecified atom stereocenters. The number of aromatic nitrogens is 2. The molecule has 0 fully saturated rings. The van der Waals surface area contributed by atoms with E-state index in [-0.39, 0.29) is 32.8 Å². The van der Waals surface area contributed by atoms with Gasteiger partial charge in [0.15, 0.2) is 9.84 Å². The third-order valence-electron chi connectivity index (χ3n) is 4.72. The smallest absolute Gasteiger partial charge is 0.394 e. The minimum atomic E-state index is -4.84. The Morgan fingerprint density at radius 3 is 2.33 bits per heavy atom. The first-order valence-electron chi connectivity index (χ1n) is 8.82. The average Bonchev–Trinajstić information content (AvgIpc) is 3.08. The SMILES string of the molecule is CCS(=O)(=O)c1ccc(C(CO)n2c(C(F)(F)F)nc3cc(C(N)=O)ccc32)cc1. The van der Waals surface area contributed by atoms with Crippen LogP contribution in [0.4, 0.5) is 13.2 Å². The lowest BCUT2D eigenvalue weighted by Gasteiger charge is -2.21. The third kappa shape index (κ3) is 3.90. The molecule has 2 aromatic carbocycles. The van der Waals surface area contributed by atoms with E-state index in [2.05, 4.69) is 4.98 Å². The van der Waals surface area contributed by atoms with Crippen LogP contribution in [0.15, 0.2) is 47.4 Å².